The Hall–Kier alpha value is -2.38. The molecular formula is C16H14ClN3O3S. The lowest BCUT2D eigenvalue weighted by molar-refractivity contribution is -0.116. The van der Waals surface area contributed by atoms with Crippen LogP contribution in [0.1, 0.15) is 6.92 Å². The molecule has 0 aliphatic heterocycles. The first-order chi connectivity index (χ1) is 11.5. The van der Waals surface area contributed by atoms with Gasteiger partial charge in [-0.3, -0.25) is 18.7 Å². The van der Waals surface area contributed by atoms with Crippen LogP contribution in [0.25, 0.3) is 10.2 Å². The first-order valence-corrected chi connectivity index (χ1v) is 8.53. The van der Waals surface area contributed by atoms with E-state index in [1.807, 2.05) is 0 Å². The summed E-state index contributed by atoms with van der Waals surface area (Å²) in [4.78, 5) is 37.0. The highest BCUT2D eigenvalue weighted by Gasteiger charge is 2.15. The molecule has 124 valence electrons. The van der Waals surface area contributed by atoms with Crippen LogP contribution in [0.4, 0.5) is 5.69 Å². The molecule has 24 heavy (non-hydrogen) atoms. The molecule has 6 nitrogen and oxygen atoms in total. The number of amides is 1. The summed E-state index contributed by atoms with van der Waals surface area (Å²) in [5, 5.41) is 5.02. The van der Waals surface area contributed by atoms with Crippen molar-refractivity contribution in [2.24, 2.45) is 0 Å². The number of fused-ring (bicyclic) bond motifs is 1. The fraction of sp³-hybridized carbons (Fsp3) is 0.188. The summed E-state index contributed by atoms with van der Waals surface area (Å²) < 4.78 is 2.92. The third-order valence-corrected chi connectivity index (χ3v) is 4.73. The number of anilines is 1. The number of thiophene rings is 1. The lowest BCUT2D eigenvalue weighted by Crippen LogP contribution is -2.40. The number of nitrogens with zero attached hydrogens (tertiary/aromatic N) is 2. The second kappa shape index (κ2) is 6.62. The molecule has 1 aromatic carbocycles. The lowest BCUT2D eigenvalue weighted by atomic mass is 10.3. The molecule has 0 aliphatic rings. The quantitative estimate of drug-likeness (QED) is 0.774. The van der Waals surface area contributed by atoms with Gasteiger partial charge in [0.15, 0.2) is 0 Å². The summed E-state index contributed by atoms with van der Waals surface area (Å²) in [7, 11) is 0. The van der Waals surface area contributed by atoms with Gasteiger partial charge in [0, 0.05) is 17.3 Å². The van der Waals surface area contributed by atoms with E-state index in [2.05, 4.69) is 5.32 Å². The van der Waals surface area contributed by atoms with E-state index >= 15 is 0 Å². The van der Waals surface area contributed by atoms with E-state index in [-0.39, 0.29) is 24.6 Å². The number of aromatic nitrogens is 2. The van der Waals surface area contributed by atoms with Gasteiger partial charge in [0.05, 0.1) is 5.52 Å². The van der Waals surface area contributed by atoms with E-state index in [1.54, 1.807) is 42.6 Å². The molecule has 3 aromatic rings. The van der Waals surface area contributed by atoms with Crippen LogP contribution in [-0.4, -0.2) is 15.0 Å². The highest BCUT2D eigenvalue weighted by molar-refractivity contribution is 7.17. The Morgan fingerprint density at radius 2 is 1.88 bits per heavy atom. The van der Waals surface area contributed by atoms with Gasteiger partial charge in [-0.05, 0) is 42.6 Å². The van der Waals surface area contributed by atoms with Gasteiger partial charge < -0.3 is 5.32 Å². The smallest absolute Gasteiger partial charge is 0.325 e. The number of carbonyl (C=O) groups is 1. The summed E-state index contributed by atoms with van der Waals surface area (Å²) in [5.41, 5.74) is 0.260. The van der Waals surface area contributed by atoms with Crippen LogP contribution < -0.4 is 16.6 Å². The second-order valence-electron chi connectivity index (χ2n) is 5.11. The van der Waals surface area contributed by atoms with E-state index in [0.29, 0.717) is 20.9 Å². The summed E-state index contributed by atoms with van der Waals surface area (Å²) >= 11 is 7.07. The maximum absolute atomic E-state index is 12.5. The van der Waals surface area contributed by atoms with Crippen molar-refractivity contribution in [3.8, 4) is 0 Å². The van der Waals surface area contributed by atoms with Crippen molar-refractivity contribution < 1.29 is 4.79 Å². The Bertz CT molecular complexity index is 1020. The average molecular weight is 364 g/mol. The molecule has 2 heterocycles. The van der Waals surface area contributed by atoms with Gasteiger partial charge in [0.25, 0.3) is 5.56 Å². The topological polar surface area (TPSA) is 73.1 Å². The maximum atomic E-state index is 12.5. The van der Waals surface area contributed by atoms with Crippen LogP contribution >= 0.6 is 22.9 Å². The summed E-state index contributed by atoms with van der Waals surface area (Å²) in [6, 6.07) is 8.36. The zero-order valence-corrected chi connectivity index (χ0v) is 14.4. The van der Waals surface area contributed by atoms with Gasteiger partial charge in [-0.1, -0.05) is 11.6 Å². The number of nitrogens with one attached hydrogen (secondary N) is 1. The number of hydrogen-bond acceptors (Lipinski definition) is 4. The van der Waals surface area contributed by atoms with Crippen LogP contribution in [0.15, 0.2) is 45.3 Å². The van der Waals surface area contributed by atoms with Crippen molar-refractivity contribution in [2.75, 3.05) is 5.32 Å². The molecule has 0 aliphatic carbocycles. The summed E-state index contributed by atoms with van der Waals surface area (Å²) in [6.07, 6.45) is 0. The van der Waals surface area contributed by atoms with E-state index in [4.69, 9.17) is 11.6 Å². The van der Waals surface area contributed by atoms with Crippen LogP contribution in [0.2, 0.25) is 5.02 Å². The number of rotatable bonds is 4. The van der Waals surface area contributed by atoms with Crippen molar-refractivity contribution in [1.82, 2.24) is 9.13 Å². The fourth-order valence-corrected chi connectivity index (χ4v) is 3.41. The molecule has 1 N–H and O–H groups in total. The van der Waals surface area contributed by atoms with Gasteiger partial charge in [0.2, 0.25) is 5.91 Å². The molecule has 0 saturated heterocycles. The van der Waals surface area contributed by atoms with E-state index in [1.165, 1.54) is 15.9 Å². The minimum atomic E-state index is -0.486. The molecule has 1 amide bonds. The number of hydrogen-bond donors (Lipinski definition) is 1. The summed E-state index contributed by atoms with van der Waals surface area (Å²) in [6.45, 7) is 1.81. The minimum absolute atomic E-state index is 0.172. The molecule has 3 rings (SSSR count). The fourth-order valence-electron chi connectivity index (χ4n) is 2.44. The van der Waals surface area contributed by atoms with Crippen LogP contribution in [-0.2, 0) is 17.9 Å². The Kier molecular flexibility index (Phi) is 4.55. The standard InChI is InChI=1S/C16H14ClN3O3S/c1-2-19-15(22)14-12(7-8-24-14)20(16(19)23)9-13(21)18-11-5-3-10(17)4-6-11/h3-8H,2,9H2,1H3,(H,18,21). The monoisotopic (exact) mass is 363 g/mol. The predicted molar refractivity (Wildman–Crippen MR) is 96.1 cm³/mol. The third kappa shape index (κ3) is 3.00. The zero-order valence-electron chi connectivity index (χ0n) is 12.8. The van der Waals surface area contributed by atoms with Crippen molar-refractivity contribution in [3.63, 3.8) is 0 Å². The van der Waals surface area contributed by atoms with Crippen molar-refractivity contribution in [1.29, 1.82) is 0 Å². The van der Waals surface area contributed by atoms with E-state index in [0.717, 1.165) is 4.57 Å². The Morgan fingerprint density at radius 3 is 2.54 bits per heavy atom. The maximum Gasteiger partial charge on any atom is 0.331 e. The van der Waals surface area contributed by atoms with Gasteiger partial charge >= 0.3 is 5.69 Å². The van der Waals surface area contributed by atoms with E-state index in [9.17, 15) is 14.4 Å². The zero-order chi connectivity index (χ0) is 17.3. The first-order valence-electron chi connectivity index (χ1n) is 7.27. The van der Waals surface area contributed by atoms with Gasteiger partial charge in [-0.2, -0.15) is 0 Å². The number of carbonyl (C=O) groups excluding carboxylic acids is 1. The average Bonchev–Trinajstić information content (AvgIpc) is 3.04. The molecule has 0 unspecified atom stereocenters. The molecule has 0 fully saturated rings. The van der Waals surface area contributed by atoms with Crippen LogP contribution in [0.3, 0.4) is 0 Å². The van der Waals surface area contributed by atoms with Gasteiger partial charge in [-0.15, -0.1) is 11.3 Å². The first kappa shape index (κ1) is 16.5. The molecule has 2 aromatic heterocycles. The van der Waals surface area contributed by atoms with Crippen molar-refractivity contribution in [2.45, 2.75) is 20.0 Å². The molecule has 0 radical (unpaired) electrons. The largest absolute Gasteiger partial charge is 0.331 e. The highest BCUT2D eigenvalue weighted by Crippen LogP contribution is 2.16. The molecular weight excluding hydrogens is 350 g/mol. The normalized spacial score (nSPS) is 10.9. The molecule has 0 spiro atoms. The second-order valence-corrected chi connectivity index (χ2v) is 6.46. The Balaban J connectivity index is 1.96. The Labute approximate surface area is 145 Å². The van der Waals surface area contributed by atoms with Crippen molar-refractivity contribution in [3.05, 3.63) is 61.6 Å². The molecule has 0 bridgehead atoms. The van der Waals surface area contributed by atoms with E-state index < -0.39 is 5.69 Å². The molecule has 8 heteroatoms. The third-order valence-electron chi connectivity index (χ3n) is 3.58. The van der Waals surface area contributed by atoms with Gasteiger partial charge in [0.1, 0.15) is 11.2 Å². The van der Waals surface area contributed by atoms with Crippen molar-refractivity contribution >= 4 is 44.7 Å². The lowest BCUT2D eigenvalue weighted by Gasteiger charge is -2.11. The number of halogens is 1. The van der Waals surface area contributed by atoms with Crippen LogP contribution in [0, 0.1) is 0 Å². The Morgan fingerprint density at radius 1 is 1.17 bits per heavy atom. The SMILES string of the molecule is CCn1c(=O)c2sccc2n(CC(=O)Nc2ccc(Cl)cc2)c1=O. The number of benzene rings is 1. The molecule has 0 atom stereocenters. The molecule has 0 saturated carbocycles. The highest BCUT2D eigenvalue weighted by atomic mass is 35.5. The predicted octanol–water partition coefficient (Wildman–Crippen LogP) is 2.54. The van der Waals surface area contributed by atoms with Gasteiger partial charge in [-0.25, -0.2) is 4.79 Å². The minimum Gasteiger partial charge on any atom is -0.325 e. The summed E-state index contributed by atoms with van der Waals surface area (Å²) in [5.74, 6) is -0.353. The van der Waals surface area contributed by atoms with Crippen LogP contribution in [0.5, 0.6) is 0 Å².